The maximum absolute atomic E-state index is 12.1. The van der Waals surface area contributed by atoms with Gasteiger partial charge in [-0.2, -0.15) is 5.26 Å². The maximum atomic E-state index is 12.1. The molecule has 0 saturated heterocycles. The number of nitriles is 1. The van der Waals surface area contributed by atoms with Gasteiger partial charge in [0.2, 0.25) is 0 Å². The van der Waals surface area contributed by atoms with Crippen LogP contribution in [0.15, 0.2) is 58.6 Å². The molecule has 0 aliphatic rings. The van der Waals surface area contributed by atoms with Crippen LogP contribution >= 0.6 is 15.9 Å². The van der Waals surface area contributed by atoms with Crippen molar-refractivity contribution in [3.63, 3.8) is 0 Å². The van der Waals surface area contributed by atoms with Crippen LogP contribution in [0.3, 0.4) is 0 Å². The Morgan fingerprint density at radius 2 is 2.00 bits per heavy atom. The number of halogens is 1. The fourth-order valence-electron chi connectivity index (χ4n) is 1.68. The first kappa shape index (κ1) is 14.8. The van der Waals surface area contributed by atoms with E-state index in [0.717, 1.165) is 4.47 Å². The molecule has 0 saturated carbocycles. The van der Waals surface area contributed by atoms with Gasteiger partial charge in [-0.1, -0.05) is 40.2 Å². The number of phenolic OH excluding ortho intramolecular Hbond substituents is 1. The van der Waals surface area contributed by atoms with E-state index in [1.165, 1.54) is 12.1 Å². The number of anilines is 1. The fraction of sp³-hybridized carbons (Fsp3) is 0. The summed E-state index contributed by atoms with van der Waals surface area (Å²) in [6, 6.07) is 15.4. The summed E-state index contributed by atoms with van der Waals surface area (Å²) >= 11 is 3.31. The van der Waals surface area contributed by atoms with E-state index in [2.05, 4.69) is 21.2 Å². The average molecular weight is 343 g/mol. The highest BCUT2D eigenvalue weighted by molar-refractivity contribution is 9.10. The Bertz CT molecular complexity index is 748. The number of benzene rings is 2. The van der Waals surface area contributed by atoms with Crippen molar-refractivity contribution in [3.05, 3.63) is 64.1 Å². The molecule has 0 unspecified atom stereocenters. The van der Waals surface area contributed by atoms with E-state index in [9.17, 15) is 9.90 Å². The number of hydrogen-bond acceptors (Lipinski definition) is 3. The Balaban J connectivity index is 2.24. The SMILES string of the molecule is N#CC(=Cc1ccccc1O)C(=O)Nc1cccc(Br)c1. The van der Waals surface area contributed by atoms with Crippen molar-refractivity contribution in [1.29, 1.82) is 5.26 Å². The van der Waals surface area contributed by atoms with Crippen molar-refractivity contribution >= 4 is 33.6 Å². The summed E-state index contributed by atoms with van der Waals surface area (Å²) < 4.78 is 0.823. The lowest BCUT2D eigenvalue weighted by molar-refractivity contribution is -0.112. The highest BCUT2D eigenvalue weighted by Crippen LogP contribution is 2.20. The summed E-state index contributed by atoms with van der Waals surface area (Å²) in [4.78, 5) is 12.1. The smallest absolute Gasteiger partial charge is 0.266 e. The molecule has 4 nitrogen and oxygen atoms in total. The van der Waals surface area contributed by atoms with E-state index in [1.54, 1.807) is 36.4 Å². The molecular weight excluding hydrogens is 332 g/mol. The molecule has 2 aromatic rings. The monoisotopic (exact) mass is 342 g/mol. The Morgan fingerprint density at radius 1 is 1.24 bits per heavy atom. The summed E-state index contributed by atoms with van der Waals surface area (Å²) in [7, 11) is 0. The van der Waals surface area contributed by atoms with Crippen LogP contribution in [0.1, 0.15) is 5.56 Å². The molecule has 1 amide bonds. The Morgan fingerprint density at radius 3 is 2.67 bits per heavy atom. The van der Waals surface area contributed by atoms with Crippen LogP contribution in [0.5, 0.6) is 5.75 Å². The molecule has 21 heavy (non-hydrogen) atoms. The second-order valence-electron chi connectivity index (χ2n) is 4.19. The van der Waals surface area contributed by atoms with Gasteiger partial charge in [-0.25, -0.2) is 0 Å². The first-order valence-corrected chi connectivity index (χ1v) is 6.86. The van der Waals surface area contributed by atoms with Crippen molar-refractivity contribution in [2.24, 2.45) is 0 Å². The molecule has 104 valence electrons. The molecule has 0 spiro atoms. The molecule has 0 heterocycles. The van der Waals surface area contributed by atoms with Crippen molar-refractivity contribution in [3.8, 4) is 11.8 Å². The van der Waals surface area contributed by atoms with E-state index in [1.807, 2.05) is 12.1 Å². The minimum Gasteiger partial charge on any atom is -0.507 e. The number of rotatable bonds is 3. The molecule has 0 atom stereocenters. The van der Waals surface area contributed by atoms with Crippen LogP contribution in [0, 0.1) is 11.3 Å². The molecule has 5 heteroatoms. The Hall–Kier alpha value is -2.58. The predicted octanol–water partition coefficient (Wildman–Crippen LogP) is 3.70. The van der Waals surface area contributed by atoms with Crippen LogP contribution in [0.4, 0.5) is 5.69 Å². The zero-order valence-electron chi connectivity index (χ0n) is 10.9. The number of hydrogen-bond donors (Lipinski definition) is 2. The first-order valence-electron chi connectivity index (χ1n) is 6.07. The van der Waals surface area contributed by atoms with Crippen LogP contribution in [0.2, 0.25) is 0 Å². The molecule has 0 aliphatic heterocycles. The number of carbonyl (C=O) groups excluding carboxylic acids is 1. The topological polar surface area (TPSA) is 73.1 Å². The van der Waals surface area contributed by atoms with Crippen LogP contribution in [-0.4, -0.2) is 11.0 Å². The molecule has 0 bridgehead atoms. The number of carbonyl (C=O) groups is 1. The lowest BCUT2D eigenvalue weighted by atomic mass is 10.1. The summed E-state index contributed by atoms with van der Waals surface area (Å²) in [5.74, 6) is -0.514. The van der Waals surface area contributed by atoms with Crippen molar-refractivity contribution in [1.82, 2.24) is 0 Å². The highest BCUT2D eigenvalue weighted by atomic mass is 79.9. The Kier molecular flexibility index (Phi) is 4.75. The summed E-state index contributed by atoms with van der Waals surface area (Å²) in [5.41, 5.74) is 0.905. The summed E-state index contributed by atoms with van der Waals surface area (Å²) in [6.45, 7) is 0. The number of amides is 1. The first-order chi connectivity index (χ1) is 10.1. The number of nitrogens with one attached hydrogen (secondary N) is 1. The Labute approximate surface area is 130 Å². The van der Waals surface area contributed by atoms with Crippen LogP contribution in [0.25, 0.3) is 6.08 Å². The molecule has 2 rings (SSSR count). The maximum Gasteiger partial charge on any atom is 0.266 e. The lowest BCUT2D eigenvalue weighted by Gasteiger charge is -2.05. The zero-order chi connectivity index (χ0) is 15.2. The van der Waals surface area contributed by atoms with E-state index >= 15 is 0 Å². The lowest BCUT2D eigenvalue weighted by Crippen LogP contribution is -2.13. The van der Waals surface area contributed by atoms with Crippen molar-refractivity contribution in [2.75, 3.05) is 5.32 Å². The van der Waals surface area contributed by atoms with Gasteiger partial charge in [0.1, 0.15) is 17.4 Å². The van der Waals surface area contributed by atoms with Gasteiger partial charge in [0.15, 0.2) is 0 Å². The number of phenols is 1. The molecule has 2 aromatic carbocycles. The normalized spacial score (nSPS) is 10.8. The minimum absolute atomic E-state index is 0.0144. The van der Waals surface area contributed by atoms with Gasteiger partial charge >= 0.3 is 0 Å². The van der Waals surface area contributed by atoms with E-state index in [0.29, 0.717) is 11.3 Å². The van der Waals surface area contributed by atoms with E-state index < -0.39 is 5.91 Å². The van der Waals surface area contributed by atoms with Gasteiger partial charge in [0.05, 0.1) is 0 Å². The second kappa shape index (κ2) is 6.73. The number of para-hydroxylation sites is 1. The third-order valence-corrected chi connectivity index (χ3v) is 3.18. The third kappa shape index (κ3) is 3.94. The molecule has 0 fully saturated rings. The molecular formula is C16H11BrN2O2. The highest BCUT2D eigenvalue weighted by Gasteiger charge is 2.10. The largest absolute Gasteiger partial charge is 0.507 e. The average Bonchev–Trinajstić information content (AvgIpc) is 2.46. The molecule has 0 radical (unpaired) electrons. The van der Waals surface area contributed by atoms with Crippen molar-refractivity contribution in [2.45, 2.75) is 0 Å². The van der Waals surface area contributed by atoms with E-state index in [4.69, 9.17) is 5.26 Å². The summed E-state index contributed by atoms with van der Waals surface area (Å²) in [5, 5.41) is 21.4. The van der Waals surface area contributed by atoms with Gasteiger partial charge in [0.25, 0.3) is 5.91 Å². The van der Waals surface area contributed by atoms with Gasteiger partial charge in [-0.3, -0.25) is 4.79 Å². The summed E-state index contributed by atoms with van der Waals surface area (Å²) in [6.07, 6.45) is 1.35. The van der Waals surface area contributed by atoms with Gasteiger partial charge in [-0.05, 0) is 30.3 Å². The third-order valence-electron chi connectivity index (χ3n) is 2.68. The van der Waals surface area contributed by atoms with Gasteiger partial charge < -0.3 is 10.4 Å². The minimum atomic E-state index is -0.529. The second-order valence-corrected chi connectivity index (χ2v) is 5.11. The quantitative estimate of drug-likeness (QED) is 0.659. The standard InChI is InChI=1S/C16H11BrN2O2/c17-13-5-3-6-14(9-13)19-16(21)12(10-18)8-11-4-1-2-7-15(11)20/h1-9,20H,(H,19,21). The number of nitrogens with zero attached hydrogens (tertiary/aromatic N) is 1. The van der Waals surface area contributed by atoms with Crippen molar-refractivity contribution < 1.29 is 9.90 Å². The number of aromatic hydroxyl groups is 1. The predicted molar refractivity (Wildman–Crippen MR) is 84.5 cm³/mol. The molecule has 0 aliphatic carbocycles. The fourth-order valence-corrected chi connectivity index (χ4v) is 2.08. The van der Waals surface area contributed by atoms with Crippen LogP contribution in [-0.2, 0) is 4.79 Å². The zero-order valence-corrected chi connectivity index (χ0v) is 12.5. The molecule has 0 aromatic heterocycles. The molecule has 2 N–H and O–H groups in total. The van der Waals surface area contributed by atoms with Crippen LogP contribution < -0.4 is 5.32 Å². The van der Waals surface area contributed by atoms with Gasteiger partial charge in [-0.15, -0.1) is 0 Å². The van der Waals surface area contributed by atoms with E-state index in [-0.39, 0.29) is 11.3 Å². The van der Waals surface area contributed by atoms with Gasteiger partial charge in [0, 0.05) is 15.7 Å².